The number of aryl methyl sites for hydroxylation is 1. The second kappa shape index (κ2) is 7.06. The van der Waals surface area contributed by atoms with Gasteiger partial charge in [0.2, 0.25) is 5.91 Å². The molecule has 1 aliphatic rings. The van der Waals surface area contributed by atoms with Crippen molar-refractivity contribution in [2.75, 3.05) is 19.6 Å². The molecular weight excluding hydrogens is 256 g/mol. The van der Waals surface area contributed by atoms with E-state index in [2.05, 4.69) is 35.1 Å². The van der Waals surface area contributed by atoms with Crippen molar-refractivity contribution in [1.82, 2.24) is 10.6 Å². The molecule has 1 aromatic rings. The number of hydrogen-bond donors (Lipinski definition) is 2. The predicted molar refractivity (Wildman–Crippen MR) is 80.5 cm³/mol. The average molecular weight is 280 g/mol. The van der Waals surface area contributed by atoms with Gasteiger partial charge < -0.3 is 10.6 Å². The van der Waals surface area contributed by atoms with Crippen LogP contribution >= 0.6 is 11.3 Å². The molecule has 2 heterocycles. The fourth-order valence-electron chi connectivity index (χ4n) is 2.49. The molecule has 0 unspecified atom stereocenters. The van der Waals surface area contributed by atoms with Crippen molar-refractivity contribution < 1.29 is 4.79 Å². The lowest BCUT2D eigenvalue weighted by Gasteiger charge is -2.34. The summed E-state index contributed by atoms with van der Waals surface area (Å²) in [5.74, 6) is 0.205. The highest BCUT2D eigenvalue weighted by molar-refractivity contribution is 7.09. The maximum absolute atomic E-state index is 11.8. The number of rotatable bonds is 6. The summed E-state index contributed by atoms with van der Waals surface area (Å²) in [5.41, 5.74) is 0.286. The largest absolute Gasteiger partial charge is 0.356 e. The molecule has 106 valence electrons. The summed E-state index contributed by atoms with van der Waals surface area (Å²) in [6, 6.07) is 4.21. The van der Waals surface area contributed by atoms with Gasteiger partial charge in [0.05, 0.1) is 0 Å². The quantitative estimate of drug-likeness (QED) is 0.841. The van der Waals surface area contributed by atoms with Gasteiger partial charge in [-0.3, -0.25) is 4.79 Å². The molecule has 1 aliphatic heterocycles. The number of hydrogen-bond acceptors (Lipinski definition) is 3. The summed E-state index contributed by atoms with van der Waals surface area (Å²) in [6.45, 7) is 5.25. The Hall–Kier alpha value is -0.870. The second-order valence-electron chi connectivity index (χ2n) is 5.77. The average Bonchev–Trinajstić information content (AvgIpc) is 2.91. The first kappa shape index (κ1) is 14.5. The van der Waals surface area contributed by atoms with Crippen LogP contribution in [-0.2, 0) is 11.2 Å². The van der Waals surface area contributed by atoms with E-state index in [4.69, 9.17) is 0 Å². The van der Waals surface area contributed by atoms with E-state index in [1.165, 1.54) is 4.88 Å². The number of piperidine rings is 1. The van der Waals surface area contributed by atoms with Crippen molar-refractivity contribution in [2.45, 2.75) is 39.0 Å². The first-order chi connectivity index (χ1) is 9.18. The second-order valence-corrected chi connectivity index (χ2v) is 6.80. The van der Waals surface area contributed by atoms with E-state index >= 15 is 0 Å². The molecule has 0 bridgehead atoms. The molecule has 1 aromatic heterocycles. The van der Waals surface area contributed by atoms with Gasteiger partial charge in [-0.2, -0.15) is 0 Å². The summed E-state index contributed by atoms with van der Waals surface area (Å²) in [4.78, 5) is 13.2. The summed E-state index contributed by atoms with van der Waals surface area (Å²) in [7, 11) is 0. The lowest BCUT2D eigenvalue weighted by molar-refractivity contribution is -0.121. The van der Waals surface area contributed by atoms with Crippen molar-refractivity contribution in [2.24, 2.45) is 5.41 Å². The third-order valence-electron chi connectivity index (χ3n) is 3.93. The predicted octanol–water partition coefficient (Wildman–Crippen LogP) is 2.58. The minimum atomic E-state index is 0.205. The van der Waals surface area contributed by atoms with Gasteiger partial charge in [-0.1, -0.05) is 13.0 Å². The Balaban J connectivity index is 1.61. The first-order valence-electron chi connectivity index (χ1n) is 7.18. The van der Waals surface area contributed by atoms with Crippen LogP contribution in [-0.4, -0.2) is 25.5 Å². The SMILES string of the molecule is CC1(CNC(=O)CCCc2cccs2)CCNCC1. The van der Waals surface area contributed by atoms with E-state index in [1.54, 1.807) is 11.3 Å². The minimum absolute atomic E-state index is 0.205. The molecule has 1 fully saturated rings. The number of carbonyl (C=O) groups excluding carboxylic acids is 1. The summed E-state index contributed by atoms with van der Waals surface area (Å²) in [6.07, 6.45) is 4.92. The highest BCUT2D eigenvalue weighted by Crippen LogP contribution is 2.26. The molecule has 4 heteroatoms. The molecule has 19 heavy (non-hydrogen) atoms. The van der Waals surface area contributed by atoms with E-state index in [-0.39, 0.29) is 11.3 Å². The van der Waals surface area contributed by atoms with E-state index in [9.17, 15) is 4.79 Å². The fraction of sp³-hybridized carbons (Fsp3) is 0.667. The Morgan fingerprint density at radius 1 is 1.47 bits per heavy atom. The van der Waals surface area contributed by atoms with Gasteiger partial charge in [-0.15, -0.1) is 11.3 Å². The molecule has 3 nitrogen and oxygen atoms in total. The van der Waals surface area contributed by atoms with Crippen molar-refractivity contribution in [3.8, 4) is 0 Å². The summed E-state index contributed by atoms with van der Waals surface area (Å²) in [5, 5.41) is 8.57. The zero-order valence-corrected chi connectivity index (χ0v) is 12.5. The van der Waals surface area contributed by atoms with Crippen LogP contribution in [0.1, 0.15) is 37.5 Å². The maximum atomic E-state index is 11.8. The van der Waals surface area contributed by atoms with Gasteiger partial charge in [0.1, 0.15) is 0 Å². The van der Waals surface area contributed by atoms with Crippen molar-refractivity contribution in [3.05, 3.63) is 22.4 Å². The van der Waals surface area contributed by atoms with Crippen LogP contribution in [0.5, 0.6) is 0 Å². The molecule has 2 rings (SSSR count). The van der Waals surface area contributed by atoms with Crippen LogP contribution in [0, 0.1) is 5.41 Å². The van der Waals surface area contributed by atoms with Crippen molar-refractivity contribution >= 4 is 17.2 Å². The topological polar surface area (TPSA) is 41.1 Å². The first-order valence-corrected chi connectivity index (χ1v) is 8.06. The molecule has 0 spiro atoms. The van der Waals surface area contributed by atoms with Gasteiger partial charge in [0.25, 0.3) is 0 Å². The van der Waals surface area contributed by atoms with Gasteiger partial charge in [-0.05, 0) is 55.6 Å². The molecule has 0 radical (unpaired) electrons. The lowest BCUT2D eigenvalue weighted by atomic mass is 9.81. The lowest BCUT2D eigenvalue weighted by Crippen LogP contribution is -2.42. The fourth-order valence-corrected chi connectivity index (χ4v) is 3.24. The Morgan fingerprint density at radius 3 is 2.95 bits per heavy atom. The Bertz CT molecular complexity index is 383. The van der Waals surface area contributed by atoms with Gasteiger partial charge in [0.15, 0.2) is 0 Å². The Morgan fingerprint density at radius 2 is 2.26 bits per heavy atom. The zero-order chi connectivity index (χ0) is 13.6. The Kier molecular flexibility index (Phi) is 5.40. The normalized spacial score (nSPS) is 18.2. The van der Waals surface area contributed by atoms with Crippen LogP contribution in [0.4, 0.5) is 0 Å². The monoisotopic (exact) mass is 280 g/mol. The summed E-state index contributed by atoms with van der Waals surface area (Å²) >= 11 is 1.77. The molecule has 1 saturated heterocycles. The zero-order valence-electron chi connectivity index (χ0n) is 11.7. The standard InChI is InChI=1S/C15H24N2OS/c1-15(7-9-16-10-8-15)12-17-14(18)6-2-4-13-5-3-11-19-13/h3,5,11,16H,2,4,6-10,12H2,1H3,(H,17,18). The molecule has 0 saturated carbocycles. The molecule has 0 aliphatic carbocycles. The van der Waals surface area contributed by atoms with Crippen LogP contribution in [0.2, 0.25) is 0 Å². The van der Waals surface area contributed by atoms with Gasteiger partial charge in [-0.25, -0.2) is 0 Å². The number of carbonyl (C=O) groups is 1. The molecular formula is C15H24N2OS. The van der Waals surface area contributed by atoms with Crippen molar-refractivity contribution in [1.29, 1.82) is 0 Å². The highest BCUT2D eigenvalue weighted by Gasteiger charge is 2.26. The van der Waals surface area contributed by atoms with Crippen LogP contribution < -0.4 is 10.6 Å². The third kappa shape index (κ3) is 4.96. The Labute approximate surface area is 119 Å². The third-order valence-corrected chi connectivity index (χ3v) is 4.87. The molecule has 0 aromatic carbocycles. The highest BCUT2D eigenvalue weighted by atomic mass is 32.1. The van der Waals surface area contributed by atoms with Gasteiger partial charge >= 0.3 is 0 Å². The maximum Gasteiger partial charge on any atom is 0.220 e. The number of amides is 1. The van der Waals surface area contributed by atoms with E-state index in [0.29, 0.717) is 6.42 Å². The molecule has 1 amide bonds. The smallest absolute Gasteiger partial charge is 0.220 e. The number of thiophene rings is 1. The van der Waals surface area contributed by atoms with Crippen LogP contribution in [0.15, 0.2) is 17.5 Å². The van der Waals surface area contributed by atoms with Crippen LogP contribution in [0.25, 0.3) is 0 Å². The van der Waals surface area contributed by atoms with Gasteiger partial charge in [0, 0.05) is 17.8 Å². The summed E-state index contributed by atoms with van der Waals surface area (Å²) < 4.78 is 0. The minimum Gasteiger partial charge on any atom is -0.356 e. The van der Waals surface area contributed by atoms with E-state index < -0.39 is 0 Å². The number of nitrogens with one attached hydrogen (secondary N) is 2. The molecule has 2 N–H and O–H groups in total. The van der Waals surface area contributed by atoms with E-state index in [1.807, 2.05) is 0 Å². The molecule has 0 atom stereocenters. The van der Waals surface area contributed by atoms with Crippen LogP contribution in [0.3, 0.4) is 0 Å². The van der Waals surface area contributed by atoms with E-state index in [0.717, 1.165) is 45.3 Å². The van der Waals surface area contributed by atoms with Crippen molar-refractivity contribution in [3.63, 3.8) is 0 Å².